The first-order valence-corrected chi connectivity index (χ1v) is 9.19. The van der Waals surface area contributed by atoms with E-state index < -0.39 is 17.4 Å². The number of amides is 1. The van der Waals surface area contributed by atoms with Crippen molar-refractivity contribution in [3.05, 3.63) is 82.3 Å². The van der Waals surface area contributed by atoms with Gasteiger partial charge in [-0.25, -0.2) is 9.78 Å². The number of benzene rings is 2. The van der Waals surface area contributed by atoms with Crippen molar-refractivity contribution in [2.24, 2.45) is 0 Å². The quantitative estimate of drug-likeness (QED) is 0.672. The van der Waals surface area contributed by atoms with E-state index in [1.54, 1.807) is 10.8 Å². The number of halogens is 1. The van der Waals surface area contributed by atoms with Crippen LogP contribution in [-0.4, -0.2) is 32.1 Å². The van der Waals surface area contributed by atoms with Crippen molar-refractivity contribution in [3.8, 4) is 5.69 Å². The number of aromatic nitrogens is 2. The van der Waals surface area contributed by atoms with Gasteiger partial charge >= 0.3 is 5.97 Å². The van der Waals surface area contributed by atoms with E-state index in [2.05, 4.69) is 26.2 Å². The Bertz CT molecular complexity index is 1000. The van der Waals surface area contributed by atoms with Gasteiger partial charge in [-0.05, 0) is 35.4 Å². The molecule has 0 fully saturated rings. The second-order valence-corrected chi connectivity index (χ2v) is 7.52. The Kier molecular flexibility index (Phi) is 4.31. The second-order valence-electron chi connectivity index (χ2n) is 6.61. The second kappa shape index (κ2) is 6.66. The maximum Gasteiger partial charge on any atom is 0.330 e. The molecule has 27 heavy (non-hydrogen) atoms. The normalized spacial score (nSPS) is 14.6. The highest BCUT2D eigenvalue weighted by molar-refractivity contribution is 9.10. The number of carboxylic acid groups (broad SMARTS) is 1. The van der Waals surface area contributed by atoms with Gasteiger partial charge in [-0.15, -0.1) is 0 Å². The van der Waals surface area contributed by atoms with Crippen LogP contribution in [0.4, 0.5) is 0 Å². The van der Waals surface area contributed by atoms with Crippen LogP contribution >= 0.6 is 15.9 Å². The number of rotatable bonds is 4. The molecule has 3 aromatic rings. The third kappa shape index (κ3) is 3.26. The smallest absolute Gasteiger partial charge is 0.330 e. The molecule has 0 saturated carbocycles. The summed E-state index contributed by atoms with van der Waals surface area (Å²) in [6.07, 6.45) is 3.65. The molecule has 0 aliphatic heterocycles. The molecule has 1 aromatic heterocycles. The molecule has 0 bridgehead atoms. The van der Waals surface area contributed by atoms with Gasteiger partial charge < -0.3 is 15.0 Å². The largest absolute Gasteiger partial charge is 0.479 e. The monoisotopic (exact) mass is 425 g/mol. The van der Waals surface area contributed by atoms with Crippen LogP contribution in [0.2, 0.25) is 0 Å². The molecule has 1 amide bonds. The molecule has 1 aliphatic rings. The van der Waals surface area contributed by atoms with E-state index in [1.807, 2.05) is 48.5 Å². The molecule has 0 unspecified atom stereocenters. The minimum absolute atomic E-state index is 0.175. The van der Waals surface area contributed by atoms with Crippen LogP contribution in [0.5, 0.6) is 0 Å². The summed E-state index contributed by atoms with van der Waals surface area (Å²) < 4.78 is 2.67. The number of carbonyl (C=O) groups excluding carboxylic acids is 1. The molecular weight excluding hydrogens is 410 g/mol. The highest BCUT2D eigenvalue weighted by atomic mass is 79.9. The summed E-state index contributed by atoms with van der Waals surface area (Å²) in [5.41, 5.74) is 1.57. The molecule has 2 N–H and O–H groups in total. The van der Waals surface area contributed by atoms with Crippen LogP contribution in [0.3, 0.4) is 0 Å². The van der Waals surface area contributed by atoms with E-state index >= 15 is 0 Å². The molecular formula is C20H16BrN3O3. The molecule has 0 saturated heterocycles. The summed E-state index contributed by atoms with van der Waals surface area (Å²) in [5, 5.41) is 12.5. The molecule has 0 radical (unpaired) electrons. The van der Waals surface area contributed by atoms with Crippen molar-refractivity contribution >= 4 is 27.8 Å². The maximum atomic E-state index is 12.7. The van der Waals surface area contributed by atoms with E-state index in [-0.39, 0.29) is 18.5 Å². The average Bonchev–Trinajstić information content (AvgIpc) is 3.27. The molecule has 0 atom stereocenters. The zero-order valence-corrected chi connectivity index (χ0v) is 15.8. The Morgan fingerprint density at radius 3 is 2.30 bits per heavy atom. The predicted octanol–water partition coefficient (Wildman–Crippen LogP) is 2.99. The van der Waals surface area contributed by atoms with Crippen LogP contribution in [0.25, 0.3) is 5.69 Å². The molecule has 1 aliphatic carbocycles. The van der Waals surface area contributed by atoms with Crippen molar-refractivity contribution in [1.29, 1.82) is 0 Å². The zero-order chi connectivity index (χ0) is 19.0. The topological polar surface area (TPSA) is 84.2 Å². The van der Waals surface area contributed by atoms with Crippen molar-refractivity contribution in [2.75, 3.05) is 0 Å². The molecule has 136 valence electrons. The number of carboxylic acids is 1. The van der Waals surface area contributed by atoms with Crippen LogP contribution in [0, 0.1) is 0 Å². The van der Waals surface area contributed by atoms with Gasteiger partial charge in [-0.3, -0.25) is 4.79 Å². The summed E-state index contributed by atoms with van der Waals surface area (Å²) in [6, 6.07) is 15.1. The number of aliphatic carboxylic acids is 1. The molecule has 0 spiro atoms. The highest BCUT2D eigenvalue weighted by Gasteiger charge is 2.45. The maximum absolute atomic E-state index is 12.7. The lowest BCUT2D eigenvalue weighted by atomic mass is 9.95. The average molecular weight is 426 g/mol. The lowest BCUT2D eigenvalue weighted by Crippen LogP contribution is -2.55. The Balaban J connectivity index is 1.57. The van der Waals surface area contributed by atoms with Gasteiger partial charge in [0.25, 0.3) is 5.91 Å². The first-order valence-electron chi connectivity index (χ1n) is 8.39. The van der Waals surface area contributed by atoms with Crippen LogP contribution in [-0.2, 0) is 17.6 Å². The van der Waals surface area contributed by atoms with Crippen LogP contribution in [0.15, 0.2) is 65.5 Å². The van der Waals surface area contributed by atoms with Gasteiger partial charge in [-0.1, -0.05) is 40.2 Å². The SMILES string of the molecule is O=C(NC1(C(=O)O)Cc2ccccc2C1)c1cn(-c2ccc(Br)cc2)cn1. The third-order valence-corrected chi connectivity index (χ3v) is 5.33. The standard InChI is InChI=1S/C20H16BrN3O3/c21-15-5-7-16(8-6-15)24-11-17(22-12-24)18(25)23-20(19(26)27)9-13-3-1-2-4-14(13)10-20/h1-8,11-12H,9-10H2,(H,23,25)(H,26,27). The van der Waals surface area contributed by atoms with E-state index in [0.717, 1.165) is 21.3 Å². The fraction of sp³-hybridized carbons (Fsp3) is 0.150. The highest BCUT2D eigenvalue weighted by Crippen LogP contribution is 2.30. The van der Waals surface area contributed by atoms with Gasteiger partial charge in [0.1, 0.15) is 17.6 Å². The van der Waals surface area contributed by atoms with E-state index in [4.69, 9.17) is 0 Å². The Hall–Kier alpha value is -2.93. The number of nitrogens with zero attached hydrogens (tertiary/aromatic N) is 2. The van der Waals surface area contributed by atoms with Crippen LogP contribution < -0.4 is 5.32 Å². The van der Waals surface area contributed by atoms with Crippen molar-refractivity contribution in [3.63, 3.8) is 0 Å². The first kappa shape index (κ1) is 17.5. The van der Waals surface area contributed by atoms with Crippen molar-refractivity contribution in [2.45, 2.75) is 18.4 Å². The number of hydrogen-bond acceptors (Lipinski definition) is 3. The molecule has 6 nitrogen and oxygen atoms in total. The van der Waals surface area contributed by atoms with E-state index in [0.29, 0.717) is 0 Å². The number of carbonyl (C=O) groups is 2. The number of imidazole rings is 1. The third-order valence-electron chi connectivity index (χ3n) is 4.81. The summed E-state index contributed by atoms with van der Waals surface area (Å²) in [4.78, 5) is 28.8. The Morgan fingerprint density at radius 1 is 1.07 bits per heavy atom. The predicted molar refractivity (Wildman–Crippen MR) is 103 cm³/mol. The summed E-state index contributed by atoms with van der Waals surface area (Å²) in [5.74, 6) is -1.54. The molecule has 7 heteroatoms. The van der Waals surface area contributed by atoms with E-state index in [1.165, 1.54) is 6.33 Å². The summed E-state index contributed by atoms with van der Waals surface area (Å²) in [6.45, 7) is 0. The summed E-state index contributed by atoms with van der Waals surface area (Å²) in [7, 11) is 0. The minimum Gasteiger partial charge on any atom is -0.479 e. The number of hydrogen-bond donors (Lipinski definition) is 2. The first-order chi connectivity index (χ1) is 13.0. The fourth-order valence-corrected chi connectivity index (χ4v) is 3.65. The Labute approximate surface area is 164 Å². The van der Waals surface area contributed by atoms with Gasteiger partial charge in [0, 0.05) is 29.2 Å². The van der Waals surface area contributed by atoms with Gasteiger partial charge in [0.05, 0.1) is 0 Å². The number of fused-ring (bicyclic) bond motifs is 1. The lowest BCUT2D eigenvalue weighted by molar-refractivity contribution is -0.144. The summed E-state index contributed by atoms with van der Waals surface area (Å²) >= 11 is 3.38. The number of nitrogens with one attached hydrogen (secondary N) is 1. The fourth-order valence-electron chi connectivity index (χ4n) is 3.38. The minimum atomic E-state index is -1.35. The van der Waals surface area contributed by atoms with Gasteiger partial charge in [0.2, 0.25) is 0 Å². The lowest BCUT2D eigenvalue weighted by Gasteiger charge is -2.25. The zero-order valence-electron chi connectivity index (χ0n) is 14.2. The van der Waals surface area contributed by atoms with Crippen LogP contribution in [0.1, 0.15) is 21.6 Å². The molecule has 4 rings (SSSR count). The van der Waals surface area contributed by atoms with E-state index in [9.17, 15) is 14.7 Å². The molecule has 2 aromatic carbocycles. The molecule has 1 heterocycles. The van der Waals surface area contributed by atoms with Crippen molar-refractivity contribution in [1.82, 2.24) is 14.9 Å². The van der Waals surface area contributed by atoms with Gasteiger partial charge in [0.15, 0.2) is 0 Å². The Morgan fingerprint density at radius 2 is 1.70 bits per heavy atom. The van der Waals surface area contributed by atoms with Gasteiger partial charge in [-0.2, -0.15) is 0 Å². The van der Waals surface area contributed by atoms with Crippen molar-refractivity contribution < 1.29 is 14.7 Å².